The molecule has 17 heavy (non-hydrogen) atoms. The fourth-order valence-electron chi connectivity index (χ4n) is 2.12. The SMILES string of the molecule is O=c1c2c([nH]c3c(Cl)ccc(Br)c13)CCOC2. The lowest BCUT2D eigenvalue weighted by molar-refractivity contribution is 0.109. The van der Waals surface area contributed by atoms with Crippen LogP contribution in [0.2, 0.25) is 5.02 Å². The minimum Gasteiger partial charge on any atom is -0.376 e. The van der Waals surface area contributed by atoms with Crippen LogP contribution in [0.15, 0.2) is 21.4 Å². The van der Waals surface area contributed by atoms with Crippen LogP contribution in [-0.2, 0) is 17.8 Å². The largest absolute Gasteiger partial charge is 0.376 e. The van der Waals surface area contributed by atoms with Crippen LogP contribution >= 0.6 is 27.5 Å². The summed E-state index contributed by atoms with van der Waals surface area (Å²) in [5.41, 5.74) is 2.36. The van der Waals surface area contributed by atoms with Crippen LogP contribution in [-0.4, -0.2) is 11.6 Å². The molecule has 1 N–H and O–H groups in total. The van der Waals surface area contributed by atoms with Crippen molar-refractivity contribution in [2.45, 2.75) is 13.0 Å². The van der Waals surface area contributed by atoms with Crippen molar-refractivity contribution in [3.63, 3.8) is 0 Å². The van der Waals surface area contributed by atoms with E-state index in [0.717, 1.165) is 16.6 Å². The molecule has 0 atom stereocenters. The van der Waals surface area contributed by atoms with Crippen molar-refractivity contribution in [3.05, 3.63) is 43.1 Å². The number of hydrogen-bond donors (Lipinski definition) is 1. The van der Waals surface area contributed by atoms with E-state index in [9.17, 15) is 4.79 Å². The predicted octanol–water partition coefficient (Wildman–Crippen LogP) is 3.02. The average molecular weight is 315 g/mol. The van der Waals surface area contributed by atoms with Crippen LogP contribution in [0.4, 0.5) is 0 Å². The minimum atomic E-state index is 0.00262. The molecule has 3 nitrogen and oxygen atoms in total. The first-order valence-electron chi connectivity index (χ1n) is 5.28. The van der Waals surface area contributed by atoms with Crippen molar-refractivity contribution >= 4 is 38.4 Å². The molecule has 5 heteroatoms. The minimum absolute atomic E-state index is 0.00262. The molecule has 88 valence electrons. The van der Waals surface area contributed by atoms with Crippen molar-refractivity contribution in [1.29, 1.82) is 0 Å². The number of halogens is 2. The van der Waals surface area contributed by atoms with Gasteiger partial charge in [-0.2, -0.15) is 0 Å². The van der Waals surface area contributed by atoms with E-state index >= 15 is 0 Å². The lowest BCUT2D eigenvalue weighted by atomic mass is 10.1. The van der Waals surface area contributed by atoms with Gasteiger partial charge in [-0.15, -0.1) is 0 Å². The van der Waals surface area contributed by atoms with Gasteiger partial charge >= 0.3 is 0 Å². The van der Waals surface area contributed by atoms with E-state index in [1.54, 1.807) is 12.1 Å². The molecule has 1 aromatic heterocycles. The molecule has 1 aliphatic rings. The molecular formula is C12H9BrClNO2. The van der Waals surface area contributed by atoms with Gasteiger partial charge in [-0.1, -0.05) is 11.6 Å². The predicted molar refractivity (Wildman–Crippen MR) is 70.6 cm³/mol. The molecule has 0 saturated carbocycles. The zero-order valence-electron chi connectivity index (χ0n) is 8.85. The van der Waals surface area contributed by atoms with Crippen LogP contribution in [0, 0.1) is 0 Å². The third-order valence-electron chi connectivity index (χ3n) is 2.99. The van der Waals surface area contributed by atoms with E-state index in [-0.39, 0.29) is 5.43 Å². The van der Waals surface area contributed by atoms with Crippen molar-refractivity contribution in [2.24, 2.45) is 0 Å². The summed E-state index contributed by atoms with van der Waals surface area (Å²) in [7, 11) is 0. The van der Waals surface area contributed by atoms with Gasteiger partial charge in [0.25, 0.3) is 0 Å². The summed E-state index contributed by atoms with van der Waals surface area (Å²) in [6.45, 7) is 1.01. The number of fused-ring (bicyclic) bond motifs is 2. The van der Waals surface area contributed by atoms with Gasteiger partial charge in [0.2, 0.25) is 0 Å². The highest BCUT2D eigenvalue weighted by molar-refractivity contribution is 9.10. The average Bonchev–Trinajstić information content (AvgIpc) is 2.34. The highest BCUT2D eigenvalue weighted by Crippen LogP contribution is 2.28. The number of hydrogen-bond acceptors (Lipinski definition) is 2. The van der Waals surface area contributed by atoms with Gasteiger partial charge in [0.15, 0.2) is 5.43 Å². The Bertz CT molecular complexity index is 666. The topological polar surface area (TPSA) is 42.1 Å². The molecule has 3 rings (SSSR count). The van der Waals surface area contributed by atoms with Gasteiger partial charge in [-0.05, 0) is 28.1 Å². The van der Waals surface area contributed by atoms with Crippen molar-refractivity contribution in [2.75, 3.05) is 6.61 Å². The molecular weight excluding hydrogens is 305 g/mol. The monoisotopic (exact) mass is 313 g/mol. The summed E-state index contributed by atoms with van der Waals surface area (Å²) in [6.07, 6.45) is 0.726. The summed E-state index contributed by atoms with van der Waals surface area (Å²) in [4.78, 5) is 15.6. The van der Waals surface area contributed by atoms with Gasteiger partial charge < -0.3 is 9.72 Å². The van der Waals surface area contributed by atoms with Crippen LogP contribution < -0.4 is 5.43 Å². The van der Waals surface area contributed by atoms with Gasteiger partial charge in [0, 0.05) is 22.2 Å². The molecule has 0 saturated heterocycles. The van der Waals surface area contributed by atoms with Crippen LogP contribution in [0.3, 0.4) is 0 Å². The van der Waals surface area contributed by atoms with E-state index in [0.29, 0.717) is 34.7 Å². The first-order valence-corrected chi connectivity index (χ1v) is 6.45. The molecule has 0 amide bonds. The first kappa shape index (κ1) is 11.3. The Kier molecular flexibility index (Phi) is 2.73. The van der Waals surface area contributed by atoms with Gasteiger partial charge in [0.05, 0.1) is 29.1 Å². The number of rotatable bonds is 0. The fourth-order valence-corrected chi connectivity index (χ4v) is 2.84. The summed E-state index contributed by atoms with van der Waals surface area (Å²) >= 11 is 9.51. The summed E-state index contributed by atoms with van der Waals surface area (Å²) < 4.78 is 6.08. The number of H-pyrrole nitrogens is 1. The van der Waals surface area contributed by atoms with E-state index < -0.39 is 0 Å². The van der Waals surface area contributed by atoms with E-state index in [1.807, 2.05) is 0 Å². The van der Waals surface area contributed by atoms with E-state index in [1.165, 1.54) is 0 Å². The third kappa shape index (κ3) is 1.71. The highest BCUT2D eigenvalue weighted by Gasteiger charge is 2.18. The van der Waals surface area contributed by atoms with E-state index in [2.05, 4.69) is 20.9 Å². The molecule has 2 aromatic rings. The number of nitrogens with one attached hydrogen (secondary N) is 1. The Hall–Kier alpha value is -0.840. The van der Waals surface area contributed by atoms with Gasteiger partial charge in [-0.3, -0.25) is 4.79 Å². The molecule has 1 aliphatic heterocycles. The normalized spacial score (nSPS) is 14.9. The van der Waals surface area contributed by atoms with Crippen molar-refractivity contribution in [1.82, 2.24) is 4.98 Å². The fraction of sp³-hybridized carbons (Fsp3) is 0.250. The first-order chi connectivity index (χ1) is 8.18. The zero-order chi connectivity index (χ0) is 12.0. The number of ether oxygens (including phenoxy) is 1. The Balaban J connectivity index is 2.48. The van der Waals surface area contributed by atoms with Crippen molar-refractivity contribution in [3.8, 4) is 0 Å². The second-order valence-corrected chi connectivity index (χ2v) is 5.25. The summed E-state index contributed by atoms with van der Waals surface area (Å²) in [5, 5.41) is 1.16. The highest BCUT2D eigenvalue weighted by atomic mass is 79.9. The maximum atomic E-state index is 12.4. The van der Waals surface area contributed by atoms with E-state index in [4.69, 9.17) is 16.3 Å². The zero-order valence-corrected chi connectivity index (χ0v) is 11.2. The maximum absolute atomic E-state index is 12.4. The lowest BCUT2D eigenvalue weighted by Crippen LogP contribution is -2.22. The number of benzene rings is 1. The van der Waals surface area contributed by atoms with Crippen molar-refractivity contribution < 1.29 is 4.74 Å². The quantitative estimate of drug-likeness (QED) is 0.812. The third-order valence-corrected chi connectivity index (χ3v) is 3.96. The molecule has 0 aliphatic carbocycles. The molecule has 0 bridgehead atoms. The molecule has 0 unspecified atom stereocenters. The molecule has 2 heterocycles. The number of pyridine rings is 1. The van der Waals surface area contributed by atoms with Gasteiger partial charge in [0.1, 0.15) is 0 Å². The molecule has 0 spiro atoms. The summed E-state index contributed by atoms with van der Waals surface area (Å²) in [6, 6.07) is 3.56. The molecule has 0 fully saturated rings. The Morgan fingerprint density at radius 3 is 3.06 bits per heavy atom. The van der Waals surface area contributed by atoms with Crippen LogP contribution in [0.5, 0.6) is 0 Å². The number of aromatic amines is 1. The van der Waals surface area contributed by atoms with Gasteiger partial charge in [-0.25, -0.2) is 0 Å². The second-order valence-electron chi connectivity index (χ2n) is 3.99. The smallest absolute Gasteiger partial charge is 0.196 e. The molecule has 1 aromatic carbocycles. The lowest BCUT2D eigenvalue weighted by Gasteiger charge is -2.17. The van der Waals surface area contributed by atoms with Crippen LogP contribution in [0.25, 0.3) is 10.9 Å². The Morgan fingerprint density at radius 2 is 2.24 bits per heavy atom. The Labute approximate surface area is 111 Å². The second kappa shape index (κ2) is 4.12. The molecule has 0 radical (unpaired) electrons. The summed E-state index contributed by atoms with van der Waals surface area (Å²) in [5.74, 6) is 0. The maximum Gasteiger partial charge on any atom is 0.196 e. The number of aromatic nitrogens is 1. The standard InChI is InChI=1S/C12H9BrClNO2/c13-7-1-2-8(14)11-10(7)12(16)6-5-17-4-3-9(6)15-11/h1-2H,3-5H2,(H,15,16). The Morgan fingerprint density at radius 1 is 1.41 bits per heavy atom. The van der Waals surface area contributed by atoms with Crippen LogP contribution in [0.1, 0.15) is 11.3 Å².